The van der Waals surface area contributed by atoms with Gasteiger partial charge in [0.2, 0.25) is 0 Å². The minimum absolute atomic E-state index is 0.0520. The Hall–Kier alpha value is -2.30. The van der Waals surface area contributed by atoms with Crippen molar-refractivity contribution in [1.29, 1.82) is 0 Å². The predicted octanol–water partition coefficient (Wildman–Crippen LogP) is 2.68. The average Bonchev–Trinajstić information content (AvgIpc) is 2.44. The molecule has 2 rings (SSSR count). The summed E-state index contributed by atoms with van der Waals surface area (Å²) in [6.07, 6.45) is 0.847. The van der Waals surface area contributed by atoms with Crippen molar-refractivity contribution in [2.45, 2.75) is 39.3 Å². The molecule has 0 aliphatic rings. The molecule has 1 aromatic heterocycles. The zero-order valence-electron chi connectivity index (χ0n) is 12.6. The summed E-state index contributed by atoms with van der Waals surface area (Å²) in [4.78, 5) is 26.7. The molecule has 5 heteroatoms. The highest BCUT2D eigenvalue weighted by atomic mass is 16.2. The van der Waals surface area contributed by atoms with Gasteiger partial charge in [0.05, 0.1) is 6.04 Å². The van der Waals surface area contributed by atoms with E-state index in [1.165, 1.54) is 10.6 Å². The van der Waals surface area contributed by atoms with Gasteiger partial charge < -0.3 is 5.32 Å². The van der Waals surface area contributed by atoms with E-state index in [0.717, 1.165) is 12.0 Å². The molecule has 0 saturated heterocycles. The molecule has 21 heavy (non-hydrogen) atoms. The van der Waals surface area contributed by atoms with Crippen LogP contribution in [0.4, 0.5) is 5.82 Å². The maximum atomic E-state index is 12.0. The molecule has 0 spiro atoms. The SMILES string of the molecule is CCC(Nc1cc(=O)n(C(C)C)c(=O)[nH]1)c1ccccc1. The highest BCUT2D eigenvalue weighted by Crippen LogP contribution is 2.20. The van der Waals surface area contributed by atoms with Crippen LogP contribution in [0.3, 0.4) is 0 Å². The molecule has 1 unspecified atom stereocenters. The van der Waals surface area contributed by atoms with Crippen LogP contribution in [0.2, 0.25) is 0 Å². The van der Waals surface area contributed by atoms with E-state index in [1.807, 2.05) is 44.2 Å². The number of nitrogens with zero attached hydrogens (tertiary/aromatic N) is 1. The monoisotopic (exact) mass is 287 g/mol. The average molecular weight is 287 g/mol. The summed E-state index contributed by atoms with van der Waals surface area (Å²) in [7, 11) is 0. The molecule has 0 fully saturated rings. The fraction of sp³-hybridized carbons (Fsp3) is 0.375. The minimum Gasteiger partial charge on any atom is -0.365 e. The van der Waals surface area contributed by atoms with Crippen molar-refractivity contribution in [2.75, 3.05) is 5.32 Å². The Balaban J connectivity index is 2.31. The fourth-order valence-corrected chi connectivity index (χ4v) is 2.37. The van der Waals surface area contributed by atoms with Gasteiger partial charge in [0.25, 0.3) is 5.56 Å². The molecule has 0 amide bonds. The molecule has 0 saturated carbocycles. The molecule has 0 aliphatic carbocycles. The standard InChI is InChI=1S/C16H21N3O2/c1-4-13(12-8-6-5-7-9-12)17-14-10-15(20)19(11(2)3)16(21)18-14/h5-11,13,17H,4H2,1-3H3,(H,18,21). The van der Waals surface area contributed by atoms with Crippen molar-refractivity contribution in [3.8, 4) is 0 Å². The third-order valence-corrected chi connectivity index (χ3v) is 3.42. The maximum Gasteiger partial charge on any atom is 0.330 e. The van der Waals surface area contributed by atoms with E-state index in [0.29, 0.717) is 5.82 Å². The molecule has 0 radical (unpaired) electrons. The lowest BCUT2D eigenvalue weighted by Gasteiger charge is -2.19. The second-order valence-electron chi connectivity index (χ2n) is 5.31. The summed E-state index contributed by atoms with van der Waals surface area (Å²) in [5.41, 5.74) is 0.441. The van der Waals surface area contributed by atoms with E-state index in [1.54, 1.807) is 0 Å². The van der Waals surface area contributed by atoms with Crippen molar-refractivity contribution in [2.24, 2.45) is 0 Å². The number of aromatic amines is 1. The van der Waals surface area contributed by atoms with Crippen molar-refractivity contribution in [1.82, 2.24) is 9.55 Å². The highest BCUT2D eigenvalue weighted by Gasteiger charge is 2.12. The lowest BCUT2D eigenvalue weighted by molar-refractivity contribution is 0.546. The van der Waals surface area contributed by atoms with E-state index in [-0.39, 0.29) is 23.3 Å². The second kappa shape index (κ2) is 6.43. The van der Waals surface area contributed by atoms with Crippen molar-refractivity contribution in [3.63, 3.8) is 0 Å². The normalized spacial score (nSPS) is 12.4. The van der Waals surface area contributed by atoms with Gasteiger partial charge in [0.1, 0.15) is 5.82 Å². The largest absolute Gasteiger partial charge is 0.365 e. The highest BCUT2D eigenvalue weighted by molar-refractivity contribution is 5.37. The van der Waals surface area contributed by atoms with Gasteiger partial charge in [-0.25, -0.2) is 4.79 Å². The van der Waals surface area contributed by atoms with E-state index >= 15 is 0 Å². The van der Waals surface area contributed by atoms with Crippen LogP contribution in [0.5, 0.6) is 0 Å². The Morgan fingerprint density at radius 2 is 1.86 bits per heavy atom. The van der Waals surface area contributed by atoms with Crippen molar-refractivity contribution < 1.29 is 0 Å². The molecular formula is C16H21N3O2. The first kappa shape index (κ1) is 15.1. The van der Waals surface area contributed by atoms with Crippen molar-refractivity contribution >= 4 is 5.82 Å². The third-order valence-electron chi connectivity index (χ3n) is 3.42. The van der Waals surface area contributed by atoms with Gasteiger partial charge in [-0.3, -0.25) is 14.3 Å². The zero-order valence-corrected chi connectivity index (χ0v) is 12.6. The van der Waals surface area contributed by atoms with Gasteiger partial charge in [-0.2, -0.15) is 0 Å². The van der Waals surface area contributed by atoms with E-state index < -0.39 is 0 Å². The summed E-state index contributed by atoms with van der Waals surface area (Å²) in [6.45, 7) is 5.67. The number of benzene rings is 1. The van der Waals surface area contributed by atoms with Crippen LogP contribution in [0.1, 0.15) is 44.8 Å². The van der Waals surface area contributed by atoms with Crippen LogP contribution < -0.4 is 16.6 Å². The molecular weight excluding hydrogens is 266 g/mol. The minimum atomic E-state index is -0.386. The number of hydrogen-bond donors (Lipinski definition) is 2. The lowest BCUT2D eigenvalue weighted by atomic mass is 10.0. The van der Waals surface area contributed by atoms with Crippen LogP contribution in [-0.2, 0) is 0 Å². The first-order valence-corrected chi connectivity index (χ1v) is 7.20. The van der Waals surface area contributed by atoms with E-state index in [2.05, 4.69) is 17.2 Å². The van der Waals surface area contributed by atoms with E-state index in [4.69, 9.17) is 0 Å². The summed E-state index contributed by atoms with van der Waals surface area (Å²) in [5, 5.41) is 3.22. The smallest absolute Gasteiger partial charge is 0.330 e. The van der Waals surface area contributed by atoms with Crippen LogP contribution in [0.25, 0.3) is 0 Å². The molecule has 2 N–H and O–H groups in total. The first-order valence-electron chi connectivity index (χ1n) is 7.20. The molecule has 112 valence electrons. The summed E-state index contributed by atoms with van der Waals surface area (Å²) >= 11 is 0. The number of rotatable bonds is 5. The van der Waals surface area contributed by atoms with Gasteiger partial charge in [-0.1, -0.05) is 37.3 Å². The molecule has 1 atom stereocenters. The fourth-order valence-electron chi connectivity index (χ4n) is 2.37. The lowest BCUT2D eigenvalue weighted by Crippen LogP contribution is -2.36. The van der Waals surface area contributed by atoms with Crippen LogP contribution in [-0.4, -0.2) is 9.55 Å². The Labute approximate surface area is 123 Å². The predicted molar refractivity (Wildman–Crippen MR) is 84.8 cm³/mol. The van der Waals surface area contributed by atoms with Crippen LogP contribution >= 0.6 is 0 Å². The molecule has 0 aliphatic heterocycles. The number of hydrogen-bond acceptors (Lipinski definition) is 3. The number of anilines is 1. The zero-order chi connectivity index (χ0) is 15.4. The molecule has 5 nitrogen and oxygen atoms in total. The molecule has 1 aromatic carbocycles. The second-order valence-corrected chi connectivity index (χ2v) is 5.31. The Morgan fingerprint density at radius 1 is 1.19 bits per heavy atom. The van der Waals surface area contributed by atoms with Gasteiger partial charge in [-0.15, -0.1) is 0 Å². The first-order chi connectivity index (χ1) is 10.0. The Bertz CT molecular complexity index is 670. The molecule has 1 heterocycles. The van der Waals surface area contributed by atoms with Gasteiger partial charge in [0.15, 0.2) is 0 Å². The quantitative estimate of drug-likeness (QED) is 0.888. The maximum absolute atomic E-state index is 12.0. The van der Waals surface area contributed by atoms with E-state index in [9.17, 15) is 9.59 Å². The number of aromatic nitrogens is 2. The summed E-state index contributed by atoms with van der Waals surface area (Å²) in [6, 6.07) is 11.3. The Morgan fingerprint density at radius 3 is 2.38 bits per heavy atom. The number of H-pyrrole nitrogens is 1. The molecule has 2 aromatic rings. The van der Waals surface area contributed by atoms with Gasteiger partial charge >= 0.3 is 5.69 Å². The Kier molecular flexibility index (Phi) is 4.62. The van der Waals surface area contributed by atoms with Crippen LogP contribution in [0, 0.1) is 0 Å². The third kappa shape index (κ3) is 3.42. The van der Waals surface area contributed by atoms with Gasteiger partial charge in [0, 0.05) is 12.1 Å². The number of nitrogens with one attached hydrogen (secondary N) is 2. The topological polar surface area (TPSA) is 66.9 Å². The van der Waals surface area contributed by atoms with Crippen molar-refractivity contribution in [3.05, 3.63) is 62.8 Å². The molecule has 0 bridgehead atoms. The summed E-state index contributed by atoms with van der Waals surface area (Å²) < 4.78 is 1.20. The van der Waals surface area contributed by atoms with Gasteiger partial charge in [-0.05, 0) is 25.8 Å². The summed E-state index contributed by atoms with van der Waals surface area (Å²) in [5.74, 6) is 0.456. The van der Waals surface area contributed by atoms with Crippen LogP contribution in [0.15, 0.2) is 46.0 Å².